The number of nitrogens with zero attached hydrogens (tertiary/aromatic N) is 3. The van der Waals surface area contributed by atoms with Crippen LogP contribution < -0.4 is 5.32 Å². The van der Waals surface area contributed by atoms with E-state index in [0.29, 0.717) is 30.6 Å². The molecule has 1 atom stereocenters. The predicted octanol–water partition coefficient (Wildman–Crippen LogP) is 3.96. The molecule has 0 radical (unpaired) electrons. The lowest BCUT2D eigenvalue weighted by Crippen LogP contribution is -2.45. The van der Waals surface area contributed by atoms with E-state index in [1.165, 1.54) is 0 Å². The number of aromatic nitrogens is 2. The van der Waals surface area contributed by atoms with Gasteiger partial charge in [-0.1, -0.05) is 35.5 Å². The molecular formula is C20H22N4O2S. The van der Waals surface area contributed by atoms with Crippen LogP contribution in [0.2, 0.25) is 0 Å². The largest absolute Gasteiger partial charge is 0.339 e. The van der Waals surface area contributed by atoms with E-state index >= 15 is 0 Å². The molecule has 2 aromatic heterocycles. The van der Waals surface area contributed by atoms with Gasteiger partial charge in [-0.25, -0.2) is 4.79 Å². The molecule has 27 heavy (non-hydrogen) atoms. The standard InChI is InChI=1S/C20H22N4O2S/c25-20(21-12-15-5-2-1-3-6-15)24-9-4-7-16(13-24)11-18-22-19(23-26-18)17-8-10-27-14-17/h1-3,5-6,8,10,14,16H,4,7,9,11-13H2,(H,21,25)/t16-/m1/s1. The number of benzene rings is 1. The number of amides is 2. The number of carbonyl (C=O) groups is 1. The molecule has 1 saturated heterocycles. The van der Waals surface area contributed by atoms with E-state index in [9.17, 15) is 4.79 Å². The van der Waals surface area contributed by atoms with Crippen molar-refractivity contribution in [1.29, 1.82) is 0 Å². The molecule has 6 nitrogen and oxygen atoms in total. The van der Waals surface area contributed by atoms with Gasteiger partial charge in [0.2, 0.25) is 11.7 Å². The van der Waals surface area contributed by atoms with Crippen LogP contribution in [0.5, 0.6) is 0 Å². The Morgan fingerprint density at radius 1 is 1.30 bits per heavy atom. The molecule has 0 aliphatic carbocycles. The highest BCUT2D eigenvalue weighted by Crippen LogP contribution is 2.23. The summed E-state index contributed by atoms with van der Waals surface area (Å²) in [5.41, 5.74) is 2.09. The first-order valence-electron chi connectivity index (χ1n) is 9.20. The minimum Gasteiger partial charge on any atom is -0.339 e. The van der Waals surface area contributed by atoms with Gasteiger partial charge >= 0.3 is 6.03 Å². The van der Waals surface area contributed by atoms with Crippen molar-refractivity contribution in [3.05, 3.63) is 58.6 Å². The van der Waals surface area contributed by atoms with Gasteiger partial charge in [0.1, 0.15) is 0 Å². The molecule has 140 valence electrons. The summed E-state index contributed by atoms with van der Waals surface area (Å²) in [6, 6.07) is 11.9. The summed E-state index contributed by atoms with van der Waals surface area (Å²) >= 11 is 1.61. The van der Waals surface area contributed by atoms with E-state index in [4.69, 9.17) is 4.52 Å². The number of rotatable bonds is 5. The highest BCUT2D eigenvalue weighted by Gasteiger charge is 2.25. The minimum atomic E-state index is -0.00644. The Bertz CT molecular complexity index is 863. The van der Waals surface area contributed by atoms with Gasteiger partial charge in [0.15, 0.2) is 0 Å². The fraction of sp³-hybridized carbons (Fsp3) is 0.350. The number of thiophene rings is 1. The molecule has 0 spiro atoms. The van der Waals surface area contributed by atoms with Crippen LogP contribution in [0.25, 0.3) is 11.4 Å². The third kappa shape index (κ3) is 4.54. The quantitative estimate of drug-likeness (QED) is 0.725. The highest BCUT2D eigenvalue weighted by molar-refractivity contribution is 7.08. The molecule has 2 amide bonds. The molecule has 3 aromatic rings. The van der Waals surface area contributed by atoms with Crippen LogP contribution in [-0.2, 0) is 13.0 Å². The van der Waals surface area contributed by atoms with Crippen molar-refractivity contribution in [1.82, 2.24) is 20.4 Å². The first kappa shape index (κ1) is 17.7. The summed E-state index contributed by atoms with van der Waals surface area (Å²) in [7, 11) is 0. The van der Waals surface area contributed by atoms with Crippen LogP contribution >= 0.6 is 11.3 Å². The fourth-order valence-electron chi connectivity index (χ4n) is 3.40. The van der Waals surface area contributed by atoms with Crippen molar-refractivity contribution >= 4 is 17.4 Å². The number of carbonyl (C=O) groups excluding carboxylic acids is 1. The molecule has 3 heterocycles. The lowest BCUT2D eigenvalue weighted by atomic mass is 9.95. The molecule has 1 N–H and O–H groups in total. The lowest BCUT2D eigenvalue weighted by Gasteiger charge is -2.32. The Balaban J connectivity index is 1.31. The van der Waals surface area contributed by atoms with E-state index in [-0.39, 0.29) is 6.03 Å². The van der Waals surface area contributed by atoms with Crippen LogP contribution in [0.3, 0.4) is 0 Å². The van der Waals surface area contributed by atoms with Gasteiger partial charge in [-0.2, -0.15) is 16.3 Å². The third-order valence-corrected chi connectivity index (χ3v) is 5.49. The zero-order chi connectivity index (χ0) is 18.5. The summed E-state index contributed by atoms with van der Waals surface area (Å²) in [5.74, 6) is 1.63. The van der Waals surface area contributed by atoms with Crippen molar-refractivity contribution in [2.75, 3.05) is 13.1 Å². The van der Waals surface area contributed by atoms with Gasteiger partial charge in [0.25, 0.3) is 0 Å². The topological polar surface area (TPSA) is 71.3 Å². The number of likely N-dealkylation sites (tertiary alicyclic amines) is 1. The molecule has 1 aromatic carbocycles. The third-order valence-electron chi connectivity index (χ3n) is 4.80. The summed E-state index contributed by atoms with van der Waals surface area (Å²) in [6.07, 6.45) is 2.77. The van der Waals surface area contributed by atoms with Gasteiger partial charge < -0.3 is 14.7 Å². The molecule has 1 aliphatic rings. The average molecular weight is 382 g/mol. The molecule has 4 rings (SSSR count). The maximum atomic E-state index is 12.5. The summed E-state index contributed by atoms with van der Waals surface area (Å²) in [5, 5.41) is 11.1. The monoisotopic (exact) mass is 382 g/mol. The summed E-state index contributed by atoms with van der Waals surface area (Å²) < 4.78 is 5.42. The van der Waals surface area contributed by atoms with Gasteiger partial charge in [-0.3, -0.25) is 0 Å². The highest BCUT2D eigenvalue weighted by atomic mass is 32.1. The van der Waals surface area contributed by atoms with Crippen molar-refractivity contribution in [2.45, 2.75) is 25.8 Å². The van der Waals surface area contributed by atoms with Crippen molar-refractivity contribution < 1.29 is 9.32 Å². The van der Waals surface area contributed by atoms with Crippen LogP contribution in [0.1, 0.15) is 24.3 Å². The van der Waals surface area contributed by atoms with Crippen LogP contribution in [0.4, 0.5) is 4.79 Å². The van der Waals surface area contributed by atoms with E-state index in [0.717, 1.165) is 37.1 Å². The summed E-state index contributed by atoms with van der Waals surface area (Å²) in [4.78, 5) is 18.9. The lowest BCUT2D eigenvalue weighted by molar-refractivity contribution is 0.161. The van der Waals surface area contributed by atoms with E-state index < -0.39 is 0 Å². The number of hydrogen-bond acceptors (Lipinski definition) is 5. The van der Waals surface area contributed by atoms with Crippen molar-refractivity contribution in [3.63, 3.8) is 0 Å². The number of hydrogen-bond donors (Lipinski definition) is 1. The van der Waals surface area contributed by atoms with Crippen molar-refractivity contribution in [3.8, 4) is 11.4 Å². The van der Waals surface area contributed by atoms with E-state index in [2.05, 4.69) is 15.5 Å². The fourth-order valence-corrected chi connectivity index (χ4v) is 4.03. The Labute approximate surface area is 162 Å². The second-order valence-corrected chi connectivity index (χ2v) is 7.61. The summed E-state index contributed by atoms with van der Waals surface area (Å²) in [6.45, 7) is 2.06. The smallest absolute Gasteiger partial charge is 0.317 e. The zero-order valence-electron chi connectivity index (χ0n) is 15.0. The molecule has 1 fully saturated rings. The molecule has 1 aliphatic heterocycles. The second kappa shape index (κ2) is 8.35. The number of nitrogens with one attached hydrogen (secondary N) is 1. The average Bonchev–Trinajstić information content (AvgIpc) is 3.39. The normalized spacial score (nSPS) is 17.0. The molecule has 0 saturated carbocycles. The van der Waals surface area contributed by atoms with Gasteiger partial charge in [-0.15, -0.1) is 0 Å². The SMILES string of the molecule is O=C(NCc1ccccc1)N1CCC[C@H](Cc2nc(-c3ccsc3)no2)C1. The van der Waals surface area contributed by atoms with Gasteiger partial charge in [0.05, 0.1) is 0 Å². The molecule has 0 bridgehead atoms. The van der Waals surface area contributed by atoms with Crippen LogP contribution in [-0.4, -0.2) is 34.2 Å². The maximum absolute atomic E-state index is 12.5. The van der Waals surface area contributed by atoms with E-state index in [1.54, 1.807) is 11.3 Å². The number of urea groups is 1. The van der Waals surface area contributed by atoms with E-state index in [1.807, 2.05) is 52.1 Å². The van der Waals surface area contributed by atoms with Crippen LogP contribution in [0.15, 0.2) is 51.7 Å². The Kier molecular flexibility index (Phi) is 5.48. The maximum Gasteiger partial charge on any atom is 0.317 e. The first-order chi connectivity index (χ1) is 13.3. The van der Waals surface area contributed by atoms with Gasteiger partial charge in [-0.05, 0) is 35.8 Å². The minimum absolute atomic E-state index is 0.00644. The molecule has 7 heteroatoms. The Morgan fingerprint density at radius 3 is 3.00 bits per heavy atom. The first-order valence-corrected chi connectivity index (χ1v) is 10.1. The zero-order valence-corrected chi connectivity index (χ0v) is 15.8. The Hall–Kier alpha value is -2.67. The van der Waals surface area contributed by atoms with Gasteiger partial charge in [0, 0.05) is 37.0 Å². The molecular weight excluding hydrogens is 360 g/mol. The molecule has 0 unspecified atom stereocenters. The van der Waals surface area contributed by atoms with Crippen molar-refractivity contribution in [2.24, 2.45) is 5.92 Å². The number of piperidine rings is 1. The van der Waals surface area contributed by atoms with Crippen LogP contribution in [0, 0.1) is 5.92 Å². The second-order valence-electron chi connectivity index (χ2n) is 6.83. The predicted molar refractivity (Wildman–Crippen MR) is 104 cm³/mol. The Morgan fingerprint density at radius 2 is 2.19 bits per heavy atom.